The smallest absolute Gasteiger partial charge is 0.0209 e. The fourth-order valence-corrected chi connectivity index (χ4v) is 0.0442. The highest BCUT2D eigenvalue weighted by Crippen LogP contribution is 1.40. The average Bonchev–Trinajstić information content (AvgIpc) is 1.41. The molecule has 0 aromatic rings. The molecule has 0 bridgehead atoms. The van der Waals surface area contributed by atoms with Crippen LogP contribution < -0.4 is 0 Å². The highest BCUT2D eigenvalue weighted by molar-refractivity contribution is 5.19. The molecule has 0 heterocycles. The maximum Gasteiger partial charge on any atom is 0.0209 e. The highest BCUT2D eigenvalue weighted by atomic mass is 13.4. The second-order valence-electron chi connectivity index (χ2n) is 0.427. The molecule has 0 aromatic heterocycles. The van der Waals surface area contributed by atoms with Crippen LogP contribution in [0.4, 0.5) is 0 Å². The van der Waals surface area contributed by atoms with Gasteiger partial charge in [0.1, 0.15) is 0 Å². The molecule has 0 fully saturated rings. The highest BCUT2D eigenvalue weighted by Gasteiger charge is 1.36. The molecule has 0 amide bonds. The molecule has 0 N–H and O–H groups in total. The normalized spacial score (nSPS) is 3.20. The van der Waals surface area contributed by atoms with Crippen molar-refractivity contribution >= 4 is 0 Å². The van der Waals surface area contributed by atoms with E-state index in [-0.39, 0.29) is 0 Å². The van der Waals surface area contributed by atoms with Crippen LogP contribution in [0.3, 0.4) is 0 Å². The standard InChI is InChI=1S/C5H2/c1-3-5-4-2/h1H2. The molecule has 0 saturated carbocycles. The number of rotatable bonds is 0. The van der Waals surface area contributed by atoms with Gasteiger partial charge in [-0.3, -0.25) is 0 Å². The molecule has 5 heavy (non-hydrogen) atoms. The van der Waals surface area contributed by atoms with Gasteiger partial charge in [0, 0.05) is 6.92 Å². The first-order valence-electron chi connectivity index (χ1n) is 1.10. The SMILES string of the molecule is [C]#CC#C[CH2]. The van der Waals surface area contributed by atoms with Crippen molar-refractivity contribution < 1.29 is 0 Å². The predicted molar refractivity (Wildman–Crippen MR) is 20.3 cm³/mol. The molecule has 2 radical (unpaired) electrons. The molecule has 0 heteroatoms. The molecule has 0 spiro atoms. The Bertz CT molecular complexity index is 93.4. The van der Waals surface area contributed by atoms with E-state index in [9.17, 15) is 0 Å². The van der Waals surface area contributed by atoms with Crippen LogP contribution >= 0.6 is 0 Å². The summed E-state index contributed by atoms with van der Waals surface area (Å²) >= 11 is 0. The average molecular weight is 62.1 g/mol. The van der Waals surface area contributed by atoms with Crippen LogP contribution in [-0.2, 0) is 0 Å². The summed E-state index contributed by atoms with van der Waals surface area (Å²) < 4.78 is 0. The van der Waals surface area contributed by atoms with Crippen molar-refractivity contribution in [2.75, 3.05) is 0 Å². The van der Waals surface area contributed by atoms with Crippen molar-refractivity contribution in [2.24, 2.45) is 0 Å². The van der Waals surface area contributed by atoms with Gasteiger partial charge in [-0.1, -0.05) is 5.92 Å². The van der Waals surface area contributed by atoms with Crippen molar-refractivity contribution in [3.8, 4) is 17.8 Å². The van der Waals surface area contributed by atoms with Crippen molar-refractivity contribution in [3.63, 3.8) is 0 Å². The van der Waals surface area contributed by atoms with E-state index in [1.54, 1.807) is 0 Å². The molecular formula is C5H2. The molecule has 0 unspecified atom stereocenters. The van der Waals surface area contributed by atoms with E-state index in [1.165, 1.54) is 0 Å². The van der Waals surface area contributed by atoms with Crippen LogP contribution in [0.15, 0.2) is 0 Å². The molecule has 0 saturated heterocycles. The lowest BCUT2D eigenvalue weighted by Crippen LogP contribution is -1.37. The second-order valence-corrected chi connectivity index (χ2v) is 0.427. The Morgan fingerprint density at radius 3 is 2.20 bits per heavy atom. The largest absolute Gasteiger partial charge is 0.0881 e. The first-order chi connectivity index (χ1) is 2.41. The van der Waals surface area contributed by atoms with E-state index < -0.39 is 0 Å². The summed E-state index contributed by atoms with van der Waals surface area (Å²) in [4.78, 5) is 0. The summed E-state index contributed by atoms with van der Waals surface area (Å²) in [6, 6.07) is 0. The number of hydrogen-bond donors (Lipinski definition) is 0. The van der Waals surface area contributed by atoms with Crippen LogP contribution in [0.5, 0.6) is 0 Å². The Labute approximate surface area is 32.2 Å². The molecule has 0 aliphatic rings. The van der Waals surface area contributed by atoms with Gasteiger partial charge in [-0.05, 0) is 18.3 Å². The zero-order valence-corrected chi connectivity index (χ0v) is 2.71. The fraction of sp³-hybridized carbons (Fsp3) is 0. The molecule has 0 aromatic carbocycles. The van der Waals surface area contributed by atoms with Gasteiger partial charge in [0.2, 0.25) is 0 Å². The van der Waals surface area contributed by atoms with E-state index in [2.05, 4.69) is 18.8 Å². The van der Waals surface area contributed by atoms with E-state index in [0.717, 1.165) is 0 Å². The minimum Gasteiger partial charge on any atom is -0.0881 e. The molecule has 0 aliphatic heterocycles. The van der Waals surface area contributed by atoms with Crippen molar-refractivity contribution in [2.45, 2.75) is 0 Å². The van der Waals surface area contributed by atoms with E-state index in [4.69, 9.17) is 6.42 Å². The summed E-state index contributed by atoms with van der Waals surface area (Å²) in [6.07, 6.45) is 6.14. The van der Waals surface area contributed by atoms with Crippen LogP contribution in [0.1, 0.15) is 0 Å². The van der Waals surface area contributed by atoms with Crippen molar-refractivity contribution in [3.05, 3.63) is 13.3 Å². The van der Waals surface area contributed by atoms with E-state index in [1.807, 2.05) is 5.92 Å². The van der Waals surface area contributed by atoms with Gasteiger partial charge in [0.25, 0.3) is 0 Å². The summed E-state index contributed by atoms with van der Waals surface area (Å²) in [6.45, 7) is 3.13. The molecule has 22 valence electrons. The molecule has 0 nitrogen and oxygen atoms in total. The molecule has 0 atom stereocenters. The van der Waals surface area contributed by atoms with Gasteiger partial charge in [-0.25, -0.2) is 0 Å². The third kappa shape index (κ3) is 3.12. The molecular weight excluding hydrogens is 60.1 g/mol. The lowest BCUT2D eigenvalue weighted by Gasteiger charge is -1.41. The van der Waals surface area contributed by atoms with Crippen LogP contribution in [-0.4, -0.2) is 0 Å². The van der Waals surface area contributed by atoms with E-state index >= 15 is 0 Å². The Morgan fingerprint density at radius 2 is 2.20 bits per heavy atom. The zero-order valence-electron chi connectivity index (χ0n) is 2.71. The van der Waals surface area contributed by atoms with Crippen LogP contribution in [0.25, 0.3) is 0 Å². The van der Waals surface area contributed by atoms with Gasteiger partial charge in [0.05, 0.1) is 0 Å². The van der Waals surface area contributed by atoms with Gasteiger partial charge in [-0.15, -0.1) is 0 Å². The van der Waals surface area contributed by atoms with Gasteiger partial charge in [0.15, 0.2) is 0 Å². The first kappa shape index (κ1) is 4.12. The monoisotopic (exact) mass is 62.0 g/mol. The van der Waals surface area contributed by atoms with Crippen molar-refractivity contribution in [1.82, 2.24) is 0 Å². The maximum atomic E-state index is 6.14. The first-order valence-corrected chi connectivity index (χ1v) is 1.10. The Hall–Kier alpha value is -0.880. The van der Waals surface area contributed by atoms with Gasteiger partial charge < -0.3 is 0 Å². The Kier molecular flexibility index (Phi) is 2.57. The Balaban J connectivity index is 3.30. The lowest BCUT2D eigenvalue weighted by atomic mass is 10.6. The van der Waals surface area contributed by atoms with Crippen LogP contribution in [0, 0.1) is 31.1 Å². The zero-order chi connectivity index (χ0) is 4.12. The van der Waals surface area contributed by atoms with Gasteiger partial charge >= 0.3 is 0 Å². The predicted octanol–water partition coefficient (Wildman–Crippen LogP) is 0.414. The van der Waals surface area contributed by atoms with Crippen LogP contribution in [0.2, 0.25) is 0 Å². The summed E-state index contributed by atoms with van der Waals surface area (Å²) in [7, 11) is 0. The summed E-state index contributed by atoms with van der Waals surface area (Å²) in [5, 5.41) is 0. The van der Waals surface area contributed by atoms with Crippen molar-refractivity contribution in [1.29, 1.82) is 0 Å². The second kappa shape index (κ2) is 3.12. The third-order valence-corrected chi connectivity index (χ3v) is 0.151. The minimum absolute atomic E-state index is 1.84. The number of hydrogen-bond acceptors (Lipinski definition) is 0. The topological polar surface area (TPSA) is 0 Å². The van der Waals surface area contributed by atoms with Gasteiger partial charge in [-0.2, -0.15) is 0 Å². The summed E-state index contributed by atoms with van der Waals surface area (Å²) in [5.74, 6) is 6.23. The summed E-state index contributed by atoms with van der Waals surface area (Å²) in [5.41, 5.74) is 0. The quantitative estimate of drug-likeness (QED) is 0.356. The molecule has 0 aliphatic carbocycles. The lowest BCUT2D eigenvalue weighted by molar-refractivity contribution is 2.33. The minimum atomic E-state index is 1.84. The molecule has 0 rings (SSSR count). The third-order valence-electron chi connectivity index (χ3n) is 0.151. The fourth-order valence-electron chi connectivity index (χ4n) is 0.0442. The van der Waals surface area contributed by atoms with E-state index in [0.29, 0.717) is 0 Å². The Morgan fingerprint density at radius 1 is 1.60 bits per heavy atom. The maximum absolute atomic E-state index is 6.14.